The summed E-state index contributed by atoms with van der Waals surface area (Å²) in [5.41, 5.74) is 5.51. The van der Waals surface area contributed by atoms with Gasteiger partial charge in [-0.1, -0.05) is 13.8 Å². The van der Waals surface area contributed by atoms with Crippen molar-refractivity contribution in [2.45, 2.75) is 32.4 Å². The van der Waals surface area contributed by atoms with Gasteiger partial charge >= 0.3 is 5.97 Å². The number of terminal acetylenes is 1. The summed E-state index contributed by atoms with van der Waals surface area (Å²) in [6.07, 6.45) is 5.18. The molecule has 0 heterocycles. The van der Waals surface area contributed by atoms with Gasteiger partial charge in [-0.2, -0.15) is 0 Å². The number of methoxy groups -OCH3 is 1. The van der Waals surface area contributed by atoms with E-state index >= 15 is 0 Å². The lowest BCUT2D eigenvalue weighted by molar-refractivity contribution is -0.146. The fourth-order valence-electron chi connectivity index (χ4n) is 1.10. The molecule has 3 N–H and O–H groups in total. The van der Waals surface area contributed by atoms with Gasteiger partial charge in [0.25, 0.3) is 0 Å². The number of carbonyl (C=O) groups excluding carboxylic acids is 2. The van der Waals surface area contributed by atoms with Crippen LogP contribution in [0.2, 0.25) is 0 Å². The van der Waals surface area contributed by atoms with Crippen molar-refractivity contribution in [2.24, 2.45) is 11.7 Å². The number of nitrogens with one attached hydrogen (secondary N) is 1. The van der Waals surface area contributed by atoms with Crippen LogP contribution in [0.5, 0.6) is 0 Å². The fraction of sp³-hybridized carbons (Fsp3) is 0.636. The second-order valence-electron chi connectivity index (χ2n) is 3.77. The van der Waals surface area contributed by atoms with Crippen molar-refractivity contribution in [1.82, 2.24) is 5.32 Å². The van der Waals surface area contributed by atoms with Gasteiger partial charge in [0.1, 0.15) is 6.04 Å². The summed E-state index contributed by atoms with van der Waals surface area (Å²) in [6.45, 7) is 3.60. The van der Waals surface area contributed by atoms with E-state index in [1.54, 1.807) is 13.8 Å². The number of amides is 1. The summed E-state index contributed by atoms with van der Waals surface area (Å²) in [5.74, 6) is 1.29. The maximum Gasteiger partial charge on any atom is 0.328 e. The maximum atomic E-state index is 11.5. The van der Waals surface area contributed by atoms with Gasteiger partial charge in [0.05, 0.1) is 13.2 Å². The highest BCUT2D eigenvalue weighted by atomic mass is 16.5. The Balaban J connectivity index is 4.47. The second kappa shape index (κ2) is 6.85. The second-order valence-corrected chi connectivity index (χ2v) is 3.77. The summed E-state index contributed by atoms with van der Waals surface area (Å²) >= 11 is 0. The highest BCUT2D eigenvalue weighted by Crippen LogP contribution is 2.04. The molecule has 0 saturated carbocycles. The monoisotopic (exact) mass is 226 g/mol. The molecular weight excluding hydrogens is 208 g/mol. The van der Waals surface area contributed by atoms with E-state index in [9.17, 15) is 9.59 Å². The average molecular weight is 226 g/mol. The summed E-state index contributed by atoms with van der Waals surface area (Å²) in [4.78, 5) is 22.9. The normalized spacial score (nSPS) is 13.8. The highest BCUT2D eigenvalue weighted by molar-refractivity contribution is 5.87. The van der Waals surface area contributed by atoms with Gasteiger partial charge in [0.2, 0.25) is 5.91 Å². The molecule has 0 fully saturated rings. The molecule has 0 aromatic carbocycles. The predicted molar refractivity (Wildman–Crippen MR) is 60.2 cm³/mol. The van der Waals surface area contributed by atoms with E-state index in [-0.39, 0.29) is 12.3 Å². The topological polar surface area (TPSA) is 81.4 Å². The number of nitrogens with two attached hydrogens (primary N) is 1. The summed E-state index contributed by atoms with van der Waals surface area (Å²) in [7, 11) is 1.27. The van der Waals surface area contributed by atoms with Crippen molar-refractivity contribution in [3.8, 4) is 12.3 Å². The fourth-order valence-corrected chi connectivity index (χ4v) is 1.10. The molecule has 0 rings (SSSR count). The molecule has 0 saturated heterocycles. The van der Waals surface area contributed by atoms with Crippen molar-refractivity contribution in [2.75, 3.05) is 7.11 Å². The van der Waals surface area contributed by atoms with Crippen molar-refractivity contribution in [1.29, 1.82) is 0 Å². The number of hydrogen-bond donors (Lipinski definition) is 2. The van der Waals surface area contributed by atoms with Gasteiger partial charge in [-0.15, -0.1) is 12.3 Å². The van der Waals surface area contributed by atoms with Gasteiger partial charge in [-0.3, -0.25) is 4.79 Å². The minimum atomic E-state index is -0.795. The van der Waals surface area contributed by atoms with Crippen LogP contribution >= 0.6 is 0 Å². The summed E-state index contributed by atoms with van der Waals surface area (Å²) < 4.78 is 4.58. The largest absolute Gasteiger partial charge is 0.467 e. The molecule has 0 bridgehead atoms. The van der Waals surface area contributed by atoms with Crippen molar-refractivity contribution in [3.05, 3.63) is 0 Å². The highest BCUT2D eigenvalue weighted by Gasteiger charge is 2.26. The molecular formula is C11H18N2O3. The predicted octanol–water partition coefficient (Wildman–Crippen LogP) is -0.349. The molecule has 0 aromatic heterocycles. The molecule has 2 unspecified atom stereocenters. The van der Waals surface area contributed by atoms with E-state index in [4.69, 9.17) is 12.2 Å². The molecule has 0 aliphatic heterocycles. The van der Waals surface area contributed by atoms with E-state index in [0.717, 1.165) is 0 Å². The lowest BCUT2D eigenvalue weighted by atomic mass is 10.0. The van der Waals surface area contributed by atoms with Gasteiger partial charge in [0, 0.05) is 6.42 Å². The standard InChI is InChI=1S/C11H18N2O3/c1-5-6-8(12)10(14)13-9(7(2)3)11(15)16-4/h1,7-9H,6,12H2,2-4H3,(H,13,14). The first-order chi connectivity index (χ1) is 7.43. The quantitative estimate of drug-likeness (QED) is 0.496. The smallest absolute Gasteiger partial charge is 0.328 e. The molecule has 0 aliphatic rings. The molecule has 2 atom stereocenters. The summed E-state index contributed by atoms with van der Waals surface area (Å²) in [5, 5.41) is 2.52. The average Bonchev–Trinajstić information content (AvgIpc) is 2.24. The Morgan fingerprint density at radius 3 is 2.44 bits per heavy atom. The maximum absolute atomic E-state index is 11.5. The van der Waals surface area contributed by atoms with Crippen LogP contribution < -0.4 is 11.1 Å². The third kappa shape index (κ3) is 4.32. The SMILES string of the molecule is C#CCC(N)C(=O)NC(C(=O)OC)C(C)C. The van der Waals surface area contributed by atoms with Gasteiger partial charge < -0.3 is 15.8 Å². The first-order valence-corrected chi connectivity index (χ1v) is 5.01. The molecule has 0 radical (unpaired) electrons. The molecule has 0 aromatic rings. The molecule has 1 amide bonds. The van der Waals surface area contributed by atoms with Gasteiger partial charge in [0.15, 0.2) is 0 Å². The minimum absolute atomic E-state index is 0.0746. The van der Waals surface area contributed by atoms with Crippen LogP contribution in [0.3, 0.4) is 0 Å². The van der Waals surface area contributed by atoms with Crippen LogP contribution in [0.1, 0.15) is 20.3 Å². The number of rotatable bonds is 5. The molecule has 5 heteroatoms. The third-order valence-electron chi connectivity index (χ3n) is 2.09. The third-order valence-corrected chi connectivity index (χ3v) is 2.09. The van der Waals surface area contributed by atoms with Crippen LogP contribution in [-0.2, 0) is 14.3 Å². The Bertz CT molecular complexity index is 294. The Kier molecular flexibility index (Phi) is 6.19. The van der Waals surface area contributed by atoms with Gasteiger partial charge in [-0.25, -0.2) is 4.79 Å². The van der Waals surface area contributed by atoms with Crippen LogP contribution in [0, 0.1) is 18.3 Å². The Labute approximate surface area is 95.7 Å². The zero-order valence-corrected chi connectivity index (χ0v) is 9.82. The number of ether oxygens (including phenoxy) is 1. The van der Waals surface area contributed by atoms with Crippen LogP contribution in [0.15, 0.2) is 0 Å². The van der Waals surface area contributed by atoms with E-state index in [2.05, 4.69) is 16.0 Å². The first-order valence-electron chi connectivity index (χ1n) is 5.01. The van der Waals surface area contributed by atoms with Crippen LogP contribution in [-0.4, -0.2) is 31.1 Å². The lowest BCUT2D eigenvalue weighted by Gasteiger charge is -2.21. The Morgan fingerprint density at radius 2 is 2.06 bits per heavy atom. The molecule has 0 spiro atoms. The van der Waals surface area contributed by atoms with Crippen LogP contribution in [0.4, 0.5) is 0 Å². The number of hydrogen-bond acceptors (Lipinski definition) is 4. The molecule has 5 nitrogen and oxygen atoms in total. The Hall–Kier alpha value is -1.54. The van der Waals surface area contributed by atoms with E-state index in [1.807, 2.05) is 0 Å². The zero-order valence-electron chi connectivity index (χ0n) is 9.82. The van der Waals surface area contributed by atoms with Crippen LogP contribution in [0.25, 0.3) is 0 Å². The molecule has 90 valence electrons. The zero-order chi connectivity index (χ0) is 12.7. The first kappa shape index (κ1) is 14.5. The van der Waals surface area contributed by atoms with Crippen molar-refractivity contribution >= 4 is 11.9 Å². The van der Waals surface area contributed by atoms with Gasteiger partial charge in [-0.05, 0) is 5.92 Å². The molecule has 0 aliphatic carbocycles. The lowest BCUT2D eigenvalue weighted by Crippen LogP contribution is -2.50. The van der Waals surface area contributed by atoms with E-state index in [1.165, 1.54) is 7.11 Å². The Morgan fingerprint density at radius 1 is 1.50 bits per heavy atom. The number of esters is 1. The van der Waals surface area contributed by atoms with E-state index in [0.29, 0.717) is 0 Å². The van der Waals surface area contributed by atoms with E-state index < -0.39 is 24.0 Å². The molecule has 16 heavy (non-hydrogen) atoms. The van der Waals surface area contributed by atoms with Crippen molar-refractivity contribution in [3.63, 3.8) is 0 Å². The summed E-state index contributed by atoms with van der Waals surface area (Å²) in [6, 6.07) is -1.49. The minimum Gasteiger partial charge on any atom is -0.467 e. The van der Waals surface area contributed by atoms with Crippen molar-refractivity contribution < 1.29 is 14.3 Å². The number of carbonyl (C=O) groups is 2.